The van der Waals surface area contributed by atoms with Gasteiger partial charge >= 0.3 is 0 Å². The lowest BCUT2D eigenvalue weighted by Gasteiger charge is -2.44. The quantitative estimate of drug-likeness (QED) is 0.404. The largest absolute Gasteiger partial charge is 0.172 e. The molecule has 1 aliphatic rings. The molecular formula is C4H9BrN2S2. The van der Waals surface area contributed by atoms with Crippen LogP contribution in [0, 0.1) is 0 Å². The summed E-state index contributed by atoms with van der Waals surface area (Å²) in [5.74, 6) is 0. The minimum atomic E-state index is 0.542. The van der Waals surface area contributed by atoms with Gasteiger partial charge in [-0.2, -0.15) is 8.83 Å². The molecule has 0 aromatic rings. The molecule has 0 N–H and O–H groups in total. The van der Waals surface area contributed by atoms with Crippen LogP contribution in [0.2, 0.25) is 0 Å². The van der Waals surface area contributed by atoms with E-state index >= 15 is 0 Å². The van der Waals surface area contributed by atoms with Crippen molar-refractivity contribution < 1.29 is 0 Å². The first-order chi connectivity index (χ1) is 4.29. The Labute approximate surface area is 72.7 Å². The third kappa shape index (κ3) is 1.57. The van der Waals surface area contributed by atoms with Crippen LogP contribution in [0.5, 0.6) is 0 Å². The molecule has 1 saturated heterocycles. The molecule has 1 rings (SSSR count). The number of hydrazine groups is 1. The van der Waals surface area contributed by atoms with Crippen LogP contribution < -0.4 is 0 Å². The van der Waals surface area contributed by atoms with Crippen LogP contribution >= 0.6 is 39.8 Å². The topological polar surface area (TPSA) is 6.48 Å². The van der Waals surface area contributed by atoms with E-state index in [0.29, 0.717) is 4.95 Å². The smallest absolute Gasteiger partial charge is 0.107 e. The lowest BCUT2D eigenvalue weighted by atomic mass is 10.6. The second-order valence-electron chi connectivity index (χ2n) is 1.64. The molecule has 0 amide bonds. The van der Waals surface area contributed by atoms with E-state index in [4.69, 9.17) is 0 Å². The highest BCUT2D eigenvalue weighted by Crippen LogP contribution is 2.33. The maximum atomic E-state index is 3.52. The average Bonchev–Trinajstić information content (AvgIpc) is 1.83. The molecule has 0 aliphatic carbocycles. The van der Waals surface area contributed by atoms with Crippen LogP contribution in [0.15, 0.2) is 0 Å². The van der Waals surface area contributed by atoms with Gasteiger partial charge in [0.2, 0.25) is 0 Å². The number of nitrogens with zero attached hydrogens (tertiary/aromatic N) is 2. The Kier molecular flexibility index (Phi) is 3.17. The minimum Gasteiger partial charge on any atom is -0.172 e. The van der Waals surface area contributed by atoms with Crippen molar-refractivity contribution in [1.82, 2.24) is 8.83 Å². The summed E-state index contributed by atoms with van der Waals surface area (Å²) in [4.78, 5) is 0.542. The fraction of sp³-hybridized carbons (Fsp3) is 1.00. The van der Waals surface area contributed by atoms with E-state index in [0.717, 1.165) is 6.54 Å². The molecule has 54 valence electrons. The van der Waals surface area contributed by atoms with Crippen molar-refractivity contribution in [2.75, 3.05) is 19.1 Å². The van der Waals surface area contributed by atoms with Crippen molar-refractivity contribution in [3.05, 3.63) is 0 Å². The predicted octanol–water partition coefficient (Wildman–Crippen LogP) is 1.80. The molecule has 0 aromatic carbocycles. The van der Waals surface area contributed by atoms with Crippen LogP contribution in [0.4, 0.5) is 0 Å². The van der Waals surface area contributed by atoms with Gasteiger partial charge in [0.1, 0.15) is 4.95 Å². The highest BCUT2D eigenvalue weighted by Gasteiger charge is 2.33. The monoisotopic (exact) mass is 228 g/mol. The first-order valence-electron chi connectivity index (χ1n) is 2.58. The second kappa shape index (κ2) is 3.48. The molecule has 0 bridgehead atoms. The third-order valence-electron chi connectivity index (χ3n) is 1.16. The molecule has 5 heteroatoms. The van der Waals surface area contributed by atoms with E-state index in [2.05, 4.69) is 37.3 Å². The summed E-state index contributed by atoms with van der Waals surface area (Å²) >= 11 is 7.02. The SMILES string of the molecule is CSN1CC(Br)N1SC. The lowest BCUT2D eigenvalue weighted by molar-refractivity contribution is 0.0779. The summed E-state index contributed by atoms with van der Waals surface area (Å²) in [5, 5.41) is 0. The molecule has 1 aliphatic heterocycles. The second-order valence-corrected chi connectivity index (χ2v) is 4.22. The maximum absolute atomic E-state index is 3.52. The van der Waals surface area contributed by atoms with E-state index in [1.807, 2.05) is 0 Å². The van der Waals surface area contributed by atoms with E-state index < -0.39 is 0 Å². The van der Waals surface area contributed by atoms with Gasteiger partial charge in [0.15, 0.2) is 0 Å². The van der Waals surface area contributed by atoms with Gasteiger partial charge in [0, 0.05) is 0 Å². The fourth-order valence-corrected chi connectivity index (χ4v) is 3.50. The van der Waals surface area contributed by atoms with Crippen molar-refractivity contribution in [3.63, 3.8) is 0 Å². The average molecular weight is 229 g/mol. The van der Waals surface area contributed by atoms with Gasteiger partial charge < -0.3 is 0 Å². The number of alkyl halides is 1. The van der Waals surface area contributed by atoms with Crippen LogP contribution in [0.1, 0.15) is 0 Å². The van der Waals surface area contributed by atoms with Gasteiger partial charge in [-0.05, 0) is 12.5 Å². The number of hydrogen-bond donors (Lipinski definition) is 0. The molecule has 1 unspecified atom stereocenters. The molecule has 2 nitrogen and oxygen atoms in total. The summed E-state index contributed by atoms with van der Waals surface area (Å²) in [6.07, 6.45) is 4.17. The summed E-state index contributed by atoms with van der Waals surface area (Å²) in [6, 6.07) is 0. The van der Waals surface area contributed by atoms with Crippen LogP contribution in [0.3, 0.4) is 0 Å². The Morgan fingerprint density at radius 3 is 2.33 bits per heavy atom. The van der Waals surface area contributed by atoms with Gasteiger partial charge in [0.25, 0.3) is 0 Å². The van der Waals surface area contributed by atoms with Crippen molar-refractivity contribution in [1.29, 1.82) is 0 Å². The maximum Gasteiger partial charge on any atom is 0.107 e. The Morgan fingerprint density at radius 1 is 1.44 bits per heavy atom. The first kappa shape index (κ1) is 8.20. The van der Waals surface area contributed by atoms with Gasteiger partial charge in [-0.1, -0.05) is 39.8 Å². The van der Waals surface area contributed by atoms with Gasteiger partial charge in [-0.3, -0.25) is 0 Å². The predicted molar refractivity (Wildman–Crippen MR) is 48.3 cm³/mol. The third-order valence-corrected chi connectivity index (χ3v) is 3.79. The molecular weight excluding hydrogens is 220 g/mol. The zero-order chi connectivity index (χ0) is 6.85. The minimum absolute atomic E-state index is 0.542. The fourth-order valence-electron chi connectivity index (χ4n) is 0.683. The van der Waals surface area contributed by atoms with Gasteiger partial charge in [-0.15, -0.1) is 0 Å². The molecule has 0 spiro atoms. The van der Waals surface area contributed by atoms with E-state index in [1.165, 1.54) is 0 Å². The summed E-state index contributed by atoms with van der Waals surface area (Å²) < 4.78 is 4.41. The number of hydrogen-bond acceptors (Lipinski definition) is 4. The van der Waals surface area contributed by atoms with E-state index in [9.17, 15) is 0 Å². The van der Waals surface area contributed by atoms with E-state index in [-0.39, 0.29) is 0 Å². The first-order valence-corrected chi connectivity index (χ1v) is 5.86. The summed E-state index contributed by atoms with van der Waals surface area (Å²) in [7, 11) is 0. The zero-order valence-corrected chi connectivity index (χ0v) is 8.59. The van der Waals surface area contributed by atoms with Crippen LogP contribution in [-0.2, 0) is 0 Å². The zero-order valence-electron chi connectivity index (χ0n) is 5.37. The molecule has 0 aromatic heterocycles. The molecule has 0 saturated carbocycles. The standard InChI is InChI=1S/C4H9BrN2S2/c1-8-6-3-4(5)7(6)9-2/h4H,3H2,1-2H3. The van der Waals surface area contributed by atoms with Crippen molar-refractivity contribution in [2.24, 2.45) is 0 Å². The molecule has 1 atom stereocenters. The highest BCUT2D eigenvalue weighted by molar-refractivity contribution is 9.09. The highest BCUT2D eigenvalue weighted by atomic mass is 79.9. The number of halogens is 1. The lowest BCUT2D eigenvalue weighted by Crippen LogP contribution is -2.53. The van der Waals surface area contributed by atoms with Crippen LogP contribution in [0.25, 0.3) is 0 Å². The van der Waals surface area contributed by atoms with E-state index in [1.54, 1.807) is 23.9 Å². The van der Waals surface area contributed by atoms with Crippen molar-refractivity contribution in [2.45, 2.75) is 4.95 Å². The molecule has 1 heterocycles. The normalized spacial score (nSPS) is 30.3. The van der Waals surface area contributed by atoms with Gasteiger partial charge in [0.05, 0.1) is 6.54 Å². The van der Waals surface area contributed by atoms with Crippen LogP contribution in [-0.4, -0.2) is 32.8 Å². The number of rotatable bonds is 2. The van der Waals surface area contributed by atoms with Crippen molar-refractivity contribution in [3.8, 4) is 0 Å². The summed E-state index contributed by atoms with van der Waals surface area (Å²) in [5.41, 5.74) is 0. The molecule has 1 fully saturated rings. The van der Waals surface area contributed by atoms with Gasteiger partial charge in [-0.25, -0.2) is 0 Å². The van der Waals surface area contributed by atoms with Crippen molar-refractivity contribution >= 4 is 39.8 Å². The summed E-state index contributed by atoms with van der Waals surface area (Å²) in [6.45, 7) is 1.11. The Morgan fingerprint density at radius 2 is 2.11 bits per heavy atom. The Bertz CT molecular complexity index is 103. The molecule has 0 radical (unpaired) electrons. The Hall–Kier alpha value is 1.10. The Balaban J connectivity index is 2.29. The molecule has 9 heavy (non-hydrogen) atoms.